The largest absolute Gasteiger partial charge is 0.393 e. The molecule has 1 N–H and O–H groups in total. The Bertz CT molecular complexity index is 412. The predicted octanol–water partition coefficient (Wildman–Crippen LogP) is 2.33. The van der Waals surface area contributed by atoms with Gasteiger partial charge in [-0.3, -0.25) is 9.69 Å². The summed E-state index contributed by atoms with van der Waals surface area (Å²) in [6.45, 7) is 1.33. The molecule has 4 heteroatoms. The summed E-state index contributed by atoms with van der Waals surface area (Å²) in [4.78, 5) is 14.1. The van der Waals surface area contributed by atoms with Gasteiger partial charge in [-0.05, 0) is 37.9 Å². The van der Waals surface area contributed by atoms with Crippen molar-refractivity contribution in [1.29, 1.82) is 0 Å². The molecule has 0 radical (unpaired) electrons. The van der Waals surface area contributed by atoms with Crippen molar-refractivity contribution in [3.05, 3.63) is 34.3 Å². The maximum Gasteiger partial charge on any atom is 0.176 e. The van der Waals surface area contributed by atoms with E-state index in [1.165, 1.54) is 0 Å². The molecule has 1 aromatic rings. The minimum Gasteiger partial charge on any atom is -0.393 e. The van der Waals surface area contributed by atoms with Crippen LogP contribution in [-0.4, -0.2) is 42.0 Å². The zero-order valence-electron chi connectivity index (χ0n) is 10.5. The van der Waals surface area contributed by atoms with Crippen LogP contribution in [0.3, 0.4) is 0 Å². The fraction of sp³-hybridized carbons (Fsp3) is 0.500. The van der Waals surface area contributed by atoms with Gasteiger partial charge < -0.3 is 5.11 Å². The molecule has 0 heterocycles. The summed E-state index contributed by atoms with van der Waals surface area (Å²) in [6.07, 6.45) is 1.62. The van der Waals surface area contributed by atoms with E-state index < -0.39 is 0 Å². The third kappa shape index (κ3) is 3.64. The molecule has 0 unspecified atom stereocenters. The normalized spacial score (nSPS) is 22.9. The minimum atomic E-state index is -0.120. The highest BCUT2D eigenvalue weighted by Gasteiger charge is 2.28. The number of hydrogen-bond acceptors (Lipinski definition) is 3. The maximum absolute atomic E-state index is 12.0. The molecule has 1 aliphatic rings. The fourth-order valence-corrected chi connectivity index (χ4v) is 2.59. The van der Waals surface area contributed by atoms with Gasteiger partial charge in [-0.1, -0.05) is 28.1 Å². The van der Waals surface area contributed by atoms with Gasteiger partial charge in [0, 0.05) is 16.6 Å². The quantitative estimate of drug-likeness (QED) is 0.849. The van der Waals surface area contributed by atoms with Crippen molar-refractivity contribution in [2.45, 2.75) is 18.9 Å². The van der Waals surface area contributed by atoms with Gasteiger partial charge in [-0.25, -0.2) is 0 Å². The van der Waals surface area contributed by atoms with E-state index in [0.29, 0.717) is 12.5 Å². The van der Waals surface area contributed by atoms with Gasteiger partial charge in [0.05, 0.1) is 12.6 Å². The number of nitrogens with zero attached hydrogens (tertiary/aromatic N) is 1. The Balaban J connectivity index is 1.81. The lowest BCUT2D eigenvalue weighted by Crippen LogP contribution is -2.38. The van der Waals surface area contributed by atoms with Crippen LogP contribution in [0.15, 0.2) is 28.7 Å². The zero-order valence-corrected chi connectivity index (χ0v) is 12.1. The smallest absolute Gasteiger partial charge is 0.176 e. The van der Waals surface area contributed by atoms with Crippen LogP contribution in [0, 0.1) is 5.92 Å². The van der Waals surface area contributed by atoms with E-state index in [1.807, 2.05) is 36.2 Å². The van der Waals surface area contributed by atoms with Gasteiger partial charge in [0.25, 0.3) is 0 Å². The van der Waals surface area contributed by atoms with Gasteiger partial charge in [0.2, 0.25) is 0 Å². The predicted molar refractivity (Wildman–Crippen MR) is 74.7 cm³/mol. The SMILES string of the molecule is CN(CC(=O)c1ccc(Br)cc1)CC1CC(O)C1. The second-order valence-corrected chi connectivity index (χ2v) is 6.03. The van der Waals surface area contributed by atoms with E-state index in [2.05, 4.69) is 15.9 Å². The molecular formula is C14H18BrNO2. The van der Waals surface area contributed by atoms with Crippen molar-refractivity contribution in [2.75, 3.05) is 20.1 Å². The molecule has 1 aromatic carbocycles. The lowest BCUT2D eigenvalue weighted by Gasteiger charge is -2.34. The third-order valence-corrected chi connectivity index (χ3v) is 3.89. The lowest BCUT2D eigenvalue weighted by molar-refractivity contribution is 0.0286. The van der Waals surface area contributed by atoms with Gasteiger partial charge >= 0.3 is 0 Å². The van der Waals surface area contributed by atoms with Crippen molar-refractivity contribution >= 4 is 21.7 Å². The van der Waals surface area contributed by atoms with Crippen molar-refractivity contribution in [3.8, 4) is 0 Å². The monoisotopic (exact) mass is 311 g/mol. The molecule has 0 saturated heterocycles. The van der Waals surface area contributed by atoms with E-state index in [4.69, 9.17) is 0 Å². The molecule has 1 fully saturated rings. The summed E-state index contributed by atoms with van der Waals surface area (Å²) >= 11 is 3.36. The number of likely N-dealkylation sites (N-methyl/N-ethyl adjacent to an activating group) is 1. The van der Waals surface area contributed by atoms with Crippen LogP contribution in [0.1, 0.15) is 23.2 Å². The van der Waals surface area contributed by atoms with Gasteiger partial charge in [-0.2, -0.15) is 0 Å². The first-order valence-electron chi connectivity index (χ1n) is 6.20. The molecule has 0 atom stereocenters. The van der Waals surface area contributed by atoms with Crippen LogP contribution < -0.4 is 0 Å². The number of rotatable bonds is 5. The molecule has 1 aliphatic carbocycles. The van der Waals surface area contributed by atoms with Gasteiger partial charge in [0.1, 0.15) is 0 Å². The van der Waals surface area contributed by atoms with E-state index in [9.17, 15) is 9.90 Å². The maximum atomic E-state index is 12.0. The Labute approximate surface area is 116 Å². The Morgan fingerprint density at radius 3 is 2.56 bits per heavy atom. The molecule has 98 valence electrons. The summed E-state index contributed by atoms with van der Waals surface area (Å²) in [5, 5.41) is 9.23. The first-order valence-corrected chi connectivity index (χ1v) is 6.99. The Kier molecular flexibility index (Phi) is 4.54. The van der Waals surface area contributed by atoms with Crippen LogP contribution in [0.5, 0.6) is 0 Å². The highest BCUT2D eigenvalue weighted by molar-refractivity contribution is 9.10. The van der Waals surface area contributed by atoms with E-state index in [0.717, 1.165) is 29.4 Å². The molecular weight excluding hydrogens is 294 g/mol. The molecule has 0 amide bonds. The highest BCUT2D eigenvalue weighted by atomic mass is 79.9. The average molecular weight is 312 g/mol. The topological polar surface area (TPSA) is 40.5 Å². The molecule has 3 nitrogen and oxygen atoms in total. The van der Waals surface area contributed by atoms with Gasteiger partial charge in [-0.15, -0.1) is 0 Å². The van der Waals surface area contributed by atoms with E-state index >= 15 is 0 Å². The molecule has 0 aromatic heterocycles. The molecule has 1 saturated carbocycles. The van der Waals surface area contributed by atoms with Crippen LogP contribution in [0.25, 0.3) is 0 Å². The number of Topliss-reactive ketones (excluding diaryl/α,β-unsaturated/α-hetero) is 1. The number of carbonyl (C=O) groups is 1. The van der Waals surface area contributed by atoms with Crippen molar-refractivity contribution in [3.63, 3.8) is 0 Å². The molecule has 18 heavy (non-hydrogen) atoms. The van der Waals surface area contributed by atoms with E-state index in [-0.39, 0.29) is 11.9 Å². The summed E-state index contributed by atoms with van der Waals surface area (Å²) in [5.74, 6) is 0.688. The number of halogens is 1. The van der Waals surface area contributed by atoms with Gasteiger partial charge in [0.15, 0.2) is 5.78 Å². The number of ketones is 1. The second kappa shape index (κ2) is 5.95. The Hall–Kier alpha value is -0.710. The average Bonchev–Trinajstić information content (AvgIpc) is 2.27. The minimum absolute atomic E-state index is 0.120. The summed E-state index contributed by atoms with van der Waals surface area (Å²) in [5.41, 5.74) is 0.749. The van der Waals surface area contributed by atoms with Crippen LogP contribution >= 0.6 is 15.9 Å². The molecule has 0 spiro atoms. The Morgan fingerprint density at radius 1 is 1.39 bits per heavy atom. The second-order valence-electron chi connectivity index (χ2n) is 5.12. The molecule has 2 rings (SSSR count). The van der Waals surface area contributed by atoms with E-state index in [1.54, 1.807) is 0 Å². The number of aliphatic hydroxyl groups is 1. The number of hydrogen-bond donors (Lipinski definition) is 1. The third-order valence-electron chi connectivity index (χ3n) is 3.36. The van der Waals surface area contributed by atoms with Crippen molar-refractivity contribution in [1.82, 2.24) is 4.90 Å². The lowest BCUT2D eigenvalue weighted by atomic mass is 9.82. The van der Waals surface area contributed by atoms with Crippen LogP contribution in [-0.2, 0) is 0 Å². The summed E-state index contributed by atoms with van der Waals surface area (Å²) in [7, 11) is 1.96. The first kappa shape index (κ1) is 13.7. The number of carbonyl (C=O) groups excluding carboxylic acids is 1. The Morgan fingerprint density at radius 2 is 2.00 bits per heavy atom. The molecule has 0 aliphatic heterocycles. The first-order chi connectivity index (χ1) is 8.54. The van der Waals surface area contributed by atoms with Crippen LogP contribution in [0.2, 0.25) is 0 Å². The number of aliphatic hydroxyl groups excluding tert-OH is 1. The van der Waals surface area contributed by atoms with Crippen molar-refractivity contribution < 1.29 is 9.90 Å². The summed E-state index contributed by atoms with van der Waals surface area (Å²) < 4.78 is 0.982. The summed E-state index contributed by atoms with van der Waals surface area (Å²) in [6, 6.07) is 7.45. The number of benzene rings is 1. The highest BCUT2D eigenvalue weighted by Crippen LogP contribution is 2.27. The fourth-order valence-electron chi connectivity index (χ4n) is 2.33. The van der Waals surface area contributed by atoms with Crippen LogP contribution in [0.4, 0.5) is 0 Å². The standard InChI is InChI=1S/C14H18BrNO2/c1-16(8-10-6-13(17)7-10)9-14(18)11-2-4-12(15)5-3-11/h2-5,10,13,17H,6-9H2,1H3. The zero-order chi connectivity index (χ0) is 13.1. The van der Waals surface area contributed by atoms with Crippen molar-refractivity contribution in [2.24, 2.45) is 5.92 Å². The molecule has 0 bridgehead atoms.